The fraction of sp³-hybridized carbons (Fsp3) is 0.250. The van der Waals surface area contributed by atoms with E-state index in [1.54, 1.807) is 25.1 Å². The van der Waals surface area contributed by atoms with E-state index < -0.39 is 6.04 Å². The highest BCUT2D eigenvalue weighted by atomic mass is 16.5. The molecule has 2 amide bonds. The lowest BCUT2D eigenvalue weighted by atomic mass is 9.88. The van der Waals surface area contributed by atoms with Gasteiger partial charge in [-0.3, -0.25) is 14.4 Å². The fourth-order valence-corrected chi connectivity index (χ4v) is 3.88. The fourth-order valence-electron chi connectivity index (χ4n) is 3.88. The quantitative estimate of drug-likeness (QED) is 0.383. The third kappa shape index (κ3) is 7.71. The predicted molar refractivity (Wildman–Crippen MR) is 134 cm³/mol. The summed E-state index contributed by atoms with van der Waals surface area (Å²) in [7, 11) is 0. The Balaban J connectivity index is 1.82. The number of rotatable bonds is 10. The standard InChI is InChI=1S/C28H30N2O5/c1-3-35-27(33)18-25(21-8-5-4-6-9-21)22-10-7-11-23(17-22)30-28(34)26(29-19(2)31)16-20-12-14-24(32)15-13-20/h4-15,17,25-26,32H,3,16,18H2,1-2H3,(H,29,31)(H,30,34). The van der Waals surface area contributed by atoms with E-state index in [4.69, 9.17) is 4.74 Å². The van der Waals surface area contributed by atoms with Gasteiger partial charge in [0.1, 0.15) is 11.8 Å². The first-order valence-corrected chi connectivity index (χ1v) is 11.5. The van der Waals surface area contributed by atoms with Crippen LogP contribution < -0.4 is 10.6 Å². The molecule has 3 aromatic carbocycles. The molecule has 7 nitrogen and oxygen atoms in total. The third-order valence-electron chi connectivity index (χ3n) is 5.50. The van der Waals surface area contributed by atoms with Crippen molar-refractivity contribution in [2.45, 2.75) is 38.6 Å². The number of aromatic hydroxyl groups is 1. The van der Waals surface area contributed by atoms with Gasteiger partial charge in [-0.1, -0.05) is 54.6 Å². The molecule has 0 aliphatic heterocycles. The summed E-state index contributed by atoms with van der Waals surface area (Å²) < 4.78 is 5.18. The normalized spacial score (nSPS) is 12.3. The number of phenolic OH excluding ortho intramolecular Hbond substituents is 1. The highest BCUT2D eigenvalue weighted by Crippen LogP contribution is 2.30. The minimum atomic E-state index is -0.801. The van der Waals surface area contributed by atoms with Crippen LogP contribution >= 0.6 is 0 Å². The summed E-state index contributed by atoms with van der Waals surface area (Å²) in [6, 6.07) is 22.7. The third-order valence-corrected chi connectivity index (χ3v) is 5.50. The van der Waals surface area contributed by atoms with Crippen molar-refractivity contribution >= 4 is 23.5 Å². The number of amides is 2. The topological polar surface area (TPSA) is 105 Å². The van der Waals surface area contributed by atoms with Crippen LogP contribution in [-0.2, 0) is 25.5 Å². The van der Waals surface area contributed by atoms with E-state index in [0.717, 1.165) is 16.7 Å². The van der Waals surface area contributed by atoms with E-state index in [9.17, 15) is 19.5 Å². The molecule has 182 valence electrons. The van der Waals surface area contributed by atoms with Crippen molar-refractivity contribution in [2.24, 2.45) is 0 Å². The number of hydrogen-bond acceptors (Lipinski definition) is 5. The van der Waals surface area contributed by atoms with Crippen molar-refractivity contribution in [3.63, 3.8) is 0 Å². The molecule has 3 rings (SSSR count). The van der Waals surface area contributed by atoms with Crippen LogP contribution in [0.4, 0.5) is 5.69 Å². The Morgan fingerprint density at radius 3 is 2.26 bits per heavy atom. The van der Waals surface area contributed by atoms with Crippen LogP contribution in [0.3, 0.4) is 0 Å². The number of esters is 1. The molecule has 0 aliphatic carbocycles. The maximum Gasteiger partial charge on any atom is 0.306 e. The van der Waals surface area contributed by atoms with Gasteiger partial charge in [0.2, 0.25) is 11.8 Å². The van der Waals surface area contributed by atoms with E-state index >= 15 is 0 Å². The Morgan fingerprint density at radius 1 is 0.914 bits per heavy atom. The highest BCUT2D eigenvalue weighted by Gasteiger charge is 2.22. The van der Waals surface area contributed by atoms with E-state index in [-0.39, 0.29) is 42.3 Å². The lowest BCUT2D eigenvalue weighted by Gasteiger charge is -2.20. The van der Waals surface area contributed by atoms with Gasteiger partial charge in [0.05, 0.1) is 13.0 Å². The summed E-state index contributed by atoms with van der Waals surface area (Å²) in [6.45, 7) is 3.44. The number of carbonyl (C=O) groups is 3. The summed E-state index contributed by atoms with van der Waals surface area (Å²) >= 11 is 0. The number of anilines is 1. The number of nitrogens with one attached hydrogen (secondary N) is 2. The number of phenols is 1. The molecule has 3 N–H and O–H groups in total. The molecule has 0 aliphatic rings. The van der Waals surface area contributed by atoms with Crippen LogP contribution in [0.5, 0.6) is 5.75 Å². The van der Waals surface area contributed by atoms with Crippen LogP contribution in [0.15, 0.2) is 78.9 Å². The lowest BCUT2D eigenvalue weighted by molar-refractivity contribution is -0.143. The summed E-state index contributed by atoms with van der Waals surface area (Å²) in [5.74, 6) is -1.10. The molecule has 0 saturated carbocycles. The first kappa shape index (κ1) is 25.5. The lowest BCUT2D eigenvalue weighted by Crippen LogP contribution is -2.44. The van der Waals surface area contributed by atoms with Gasteiger partial charge in [0.15, 0.2) is 0 Å². The van der Waals surface area contributed by atoms with Crippen molar-refractivity contribution in [3.05, 3.63) is 95.6 Å². The minimum Gasteiger partial charge on any atom is -0.508 e. The number of benzene rings is 3. The Kier molecular flexibility index (Phi) is 9.01. The summed E-state index contributed by atoms with van der Waals surface area (Å²) in [5.41, 5.74) is 3.17. The van der Waals surface area contributed by atoms with Gasteiger partial charge in [-0.25, -0.2) is 0 Å². The molecule has 0 radical (unpaired) electrons. The van der Waals surface area contributed by atoms with Crippen molar-refractivity contribution < 1.29 is 24.2 Å². The molecule has 0 aromatic heterocycles. The molecule has 2 unspecified atom stereocenters. The second-order valence-electron chi connectivity index (χ2n) is 8.21. The Bertz CT molecular complexity index is 1150. The van der Waals surface area contributed by atoms with Crippen LogP contribution in [0.25, 0.3) is 0 Å². The maximum absolute atomic E-state index is 13.1. The monoisotopic (exact) mass is 474 g/mol. The molecule has 35 heavy (non-hydrogen) atoms. The molecule has 0 heterocycles. The van der Waals surface area contributed by atoms with Crippen LogP contribution in [0, 0.1) is 0 Å². The van der Waals surface area contributed by atoms with Gasteiger partial charge in [0.25, 0.3) is 0 Å². The second-order valence-corrected chi connectivity index (χ2v) is 8.21. The molecule has 2 atom stereocenters. The van der Waals surface area contributed by atoms with Gasteiger partial charge in [-0.2, -0.15) is 0 Å². The predicted octanol–water partition coefficient (Wildman–Crippen LogP) is 4.16. The largest absolute Gasteiger partial charge is 0.508 e. The van der Waals surface area contributed by atoms with E-state index in [2.05, 4.69) is 10.6 Å². The molecule has 0 saturated heterocycles. The average molecular weight is 475 g/mol. The molecular formula is C28H30N2O5. The van der Waals surface area contributed by atoms with Crippen LogP contribution in [0.2, 0.25) is 0 Å². The first-order valence-electron chi connectivity index (χ1n) is 11.5. The first-order chi connectivity index (χ1) is 16.9. The zero-order chi connectivity index (χ0) is 25.2. The smallest absolute Gasteiger partial charge is 0.306 e. The van der Waals surface area contributed by atoms with E-state index in [0.29, 0.717) is 12.3 Å². The van der Waals surface area contributed by atoms with Crippen molar-refractivity contribution in [3.8, 4) is 5.75 Å². The maximum atomic E-state index is 13.1. The number of ether oxygens (including phenoxy) is 1. The number of carbonyl (C=O) groups excluding carboxylic acids is 3. The van der Waals surface area contributed by atoms with E-state index in [1.165, 1.54) is 19.1 Å². The van der Waals surface area contributed by atoms with Crippen molar-refractivity contribution in [2.75, 3.05) is 11.9 Å². The number of hydrogen-bond donors (Lipinski definition) is 3. The van der Waals surface area contributed by atoms with Crippen LogP contribution in [-0.4, -0.2) is 35.5 Å². The van der Waals surface area contributed by atoms with E-state index in [1.807, 2.05) is 48.5 Å². The zero-order valence-electron chi connectivity index (χ0n) is 19.9. The average Bonchev–Trinajstić information content (AvgIpc) is 2.84. The zero-order valence-corrected chi connectivity index (χ0v) is 19.9. The molecule has 0 bridgehead atoms. The minimum absolute atomic E-state index is 0.127. The Labute approximate surface area is 205 Å². The van der Waals surface area contributed by atoms with Gasteiger partial charge in [-0.05, 0) is 47.9 Å². The molecule has 0 fully saturated rings. The Morgan fingerprint density at radius 2 is 1.60 bits per heavy atom. The summed E-state index contributed by atoms with van der Waals surface area (Å²) in [5, 5.41) is 15.1. The van der Waals surface area contributed by atoms with Crippen LogP contribution in [0.1, 0.15) is 42.9 Å². The molecule has 0 spiro atoms. The second kappa shape index (κ2) is 12.4. The summed E-state index contributed by atoms with van der Waals surface area (Å²) in [4.78, 5) is 37.1. The molecule has 7 heteroatoms. The van der Waals surface area contributed by atoms with Gasteiger partial charge in [-0.15, -0.1) is 0 Å². The molecular weight excluding hydrogens is 444 g/mol. The Hall–Kier alpha value is -4.13. The van der Waals surface area contributed by atoms with Gasteiger partial charge in [0, 0.05) is 24.9 Å². The van der Waals surface area contributed by atoms with Gasteiger partial charge < -0.3 is 20.5 Å². The SMILES string of the molecule is CCOC(=O)CC(c1ccccc1)c1cccc(NC(=O)C(Cc2ccc(O)cc2)NC(C)=O)c1. The molecule has 3 aromatic rings. The summed E-state index contributed by atoms with van der Waals surface area (Å²) in [6.07, 6.45) is 0.436. The van der Waals surface area contributed by atoms with Gasteiger partial charge >= 0.3 is 5.97 Å². The highest BCUT2D eigenvalue weighted by molar-refractivity contribution is 5.97. The van der Waals surface area contributed by atoms with Crippen molar-refractivity contribution in [1.29, 1.82) is 0 Å². The van der Waals surface area contributed by atoms with Crippen molar-refractivity contribution in [1.82, 2.24) is 5.32 Å².